The van der Waals surface area contributed by atoms with Crippen molar-refractivity contribution in [1.29, 1.82) is 0 Å². The molecule has 0 saturated heterocycles. The second-order valence-electron chi connectivity index (χ2n) is 5.85. The van der Waals surface area contributed by atoms with Crippen molar-refractivity contribution in [2.24, 2.45) is 0 Å². The molecule has 1 aliphatic rings. The van der Waals surface area contributed by atoms with Crippen molar-refractivity contribution < 1.29 is 12.9 Å². The zero-order chi connectivity index (χ0) is 17.4. The molecule has 0 spiro atoms. The lowest BCUT2D eigenvalue weighted by atomic mass is 9.85. The summed E-state index contributed by atoms with van der Waals surface area (Å²) in [6.45, 7) is 0. The van der Waals surface area contributed by atoms with Gasteiger partial charge in [0.15, 0.2) is 0 Å². The summed E-state index contributed by atoms with van der Waals surface area (Å²) in [6.07, 6.45) is 3.33. The van der Waals surface area contributed by atoms with E-state index in [4.69, 9.17) is 4.52 Å². The van der Waals surface area contributed by atoms with Crippen LogP contribution in [-0.4, -0.2) is 18.6 Å². The van der Waals surface area contributed by atoms with Crippen molar-refractivity contribution in [3.05, 3.63) is 46.1 Å². The highest BCUT2D eigenvalue weighted by Crippen LogP contribution is 2.36. The molecule has 1 saturated carbocycles. The van der Waals surface area contributed by atoms with Crippen LogP contribution in [0.5, 0.6) is 0 Å². The molecule has 1 aromatic carbocycles. The van der Waals surface area contributed by atoms with Crippen molar-refractivity contribution in [1.82, 2.24) is 10.1 Å². The number of halogens is 1. The Labute approximate surface area is 157 Å². The average Bonchev–Trinajstić information content (AvgIpc) is 3.13. The van der Waals surface area contributed by atoms with Gasteiger partial charge in [0.05, 0.1) is 0 Å². The number of sulfonamides is 1. The van der Waals surface area contributed by atoms with Gasteiger partial charge in [-0.2, -0.15) is 4.98 Å². The number of hydrogen-bond donors (Lipinski definition) is 1. The molecule has 1 N–H and O–H groups in total. The van der Waals surface area contributed by atoms with Gasteiger partial charge in [-0.05, 0) is 37.1 Å². The topological polar surface area (TPSA) is 85.1 Å². The molecular weight excluding hydrogens is 426 g/mol. The summed E-state index contributed by atoms with van der Waals surface area (Å²) in [5, 5.41) is 5.71. The highest BCUT2D eigenvalue weighted by Gasteiger charge is 2.26. The minimum absolute atomic E-state index is 0.206. The molecule has 3 aromatic rings. The van der Waals surface area contributed by atoms with Gasteiger partial charge in [0.25, 0.3) is 10.0 Å². The van der Waals surface area contributed by atoms with E-state index in [2.05, 4.69) is 30.8 Å². The van der Waals surface area contributed by atoms with Crippen LogP contribution in [0.2, 0.25) is 0 Å². The lowest BCUT2D eigenvalue weighted by Gasteiger charge is -2.20. The lowest BCUT2D eigenvalue weighted by Crippen LogP contribution is -2.11. The summed E-state index contributed by atoms with van der Waals surface area (Å²) in [5.41, 5.74) is 1.14. The standard InChI is InChI=1S/C16H14BrN3O3S2/c17-12-5-2-6-13(8-12)20-25(21,22)14-7-11(9-24-14)15-18-16(23-19-15)10-3-1-4-10/h2,5-10,20H,1,3-4H2. The van der Waals surface area contributed by atoms with Gasteiger partial charge >= 0.3 is 0 Å². The number of nitrogens with one attached hydrogen (secondary N) is 1. The second kappa shape index (κ2) is 6.54. The first kappa shape index (κ1) is 16.7. The number of benzene rings is 1. The van der Waals surface area contributed by atoms with Crippen LogP contribution in [0.4, 0.5) is 5.69 Å². The van der Waals surface area contributed by atoms with Gasteiger partial charge < -0.3 is 4.52 Å². The van der Waals surface area contributed by atoms with E-state index in [1.807, 2.05) is 6.07 Å². The summed E-state index contributed by atoms with van der Waals surface area (Å²) < 4.78 is 34.0. The highest BCUT2D eigenvalue weighted by atomic mass is 79.9. The molecular formula is C16H14BrN3O3S2. The molecule has 0 bridgehead atoms. The molecule has 2 heterocycles. The van der Waals surface area contributed by atoms with Gasteiger partial charge in [0.1, 0.15) is 4.21 Å². The van der Waals surface area contributed by atoms with Crippen LogP contribution in [0.1, 0.15) is 31.1 Å². The number of thiophene rings is 1. The fourth-order valence-corrected chi connectivity index (χ4v) is 5.11. The van der Waals surface area contributed by atoms with Crippen molar-refractivity contribution in [3.63, 3.8) is 0 Å². The molecule has 2 aromatic heterocycles. The Morgan fingerprint density at radius 1 is 1.28 bits per heavy atom. The van der Waals surface area contributed by atoms with Gasteiger partial charge in [0, 0.05) is 27.0 Å². The Kier molecular flexibility index (Phi) is 4.38. The molecule has 1 aliphatic carbocycles. The summed E-state index contributed by atoms with van der Waals surface area (Å²) in [6, 6.07) is 8.57. The Hall–Kier alpha value is -1.71. The second-order valence-corrected chi connectivity index (χ2v) is 9.59. The van der Waals surface area contributed by atoms with Gasteiger partial charge in [-0.1, -0.05) is 33.6 Å². The summed E-state index contributed by atoms with van der Waals surface area (Å²) in [5.74, 6) is 1.42. The largest absolute Gasteiger partial charge is 0.339 e. The maximum Gasteiger partial charge on any atom is 0.271 e. The molecule has 9 heteroatoms. The van der Waals surface area contributed by atoms with E-state index in [-0.39, 0.29) is 4.21 Å². The summed E-state index contributed by atoms with van der Waals surface area (Å²) in [4.78, 5) is 4.40. The van der Waals surface area contributed by atoms with Crippen LogP contribution in [0, 0.1) is 0 Å². The van der Waals surface area contributed by atoms with Gasteiger partial charge in [0.2, 0.25) is 11.7 Å². The summed E-state index contributed by atoms with van der Waals surface area (Å²) in [7, 11) is -3.66. The Morgan fingerprint density at radius 2 is 2.12 bits per heavy atom. The first-order valence-corrected chi connectivity index (χ1v) is 10.9. The van der Waals surface area contributed by atoms with Crippen LogP contribution in [-0.2, 0) is 10.0 Å². The highest BCUT2D eigenvalue weighted by molar-refractivity contribution is 9.10. The fraction of sp³-hybridized carbons (Fsp3) is 0.250. The van der Waals surface area contributed by atoms with Crippen LogP contribution < -0.4 is 4.72 Å². The predicted molar refractivity (Wildman–Crippen MR) is 99.2 cm³/mol. The van der Waals surface area contributed by atoms with Crippen LogP contribution in [0.25, 0.3) is 11.4 Å². The Bertz CT molecular complexity index is 1010. The third-order valence-electron chi connectivity index (χ3n) is 4.07. The van der Waals surface area contributed by atoms with E-state index in [1.54, 1.807) is 29.6 Å². The third-order valence-corrected chi connectivity index (χ3v) is 7.39. The molecule has 0 radical (unpaired) electrons. The molecule has 0 amide bonds. The predicted octanol–water partition coefficient (Wildman–Crippen LogP) is 4.63. The molecule has 0 unspecified atom stereocenters. The van der Waals surface area contributed by atoms with E-state index >= 15 is 0 Å². The number of rotatable bonds is 5. The smallest absolute Gasteiger partial charge is 0.271 e. The third kappa shape index (κ3) is 3.49. The van der Waals surface area contributed by atoms with Gasteiger partial charge in [-0.3, -0.25) is 4.72 Å². The minimum Gasteiger partial charge on any atom is -0.339 e. The molecule has 1 fully saturated rings. The minimum atomic E-state index is -3.66. The maximum atomic E-state index is 12.5. The number of nitrogens with zero attached hydrogens (tertiary/aromatic N) is 2. The SMILES string of the molecule is O=S(=O)(Nc1cccc(Br)c1)c1cc(-c2noc(C3CCC3)n2)cs1. The maximum absolute atomic E-state index is 12.5. The molecule has 25 heavy (non-hydrogen) atoms. The van der Waals surface area contributed by atoms with Crippen molar-refractivity contribution in [2.45, 2.75) is 29.4 Å². The number of aromatic nitrogens is 2. The van der Waals surface area contributed by atoms with E-state index in [9.17, 15) is 8.42 Å². The van der Waals surface area contributed by atoms with E-state index in [0.29, 0.717) is 28.9 Å². The van der Waals surface area contributed by atoms with E-state index in [1.165, 1.54) is 6.42 Å². The van der Waals surface area contributed by atoms with Crippen molar-refractivity contribution in [2.75, 3.05) is 4.72 Å². The number of hydrogen-bond acceptors (Lipinski definition) is 6. The monoisotopic (exact) mass is 439 g/mol. The van der Waals surface area contributed by atoms with Crippen molar-refractivity contribution in [3.8, 4) is 11.4 Å². The molecule has 130 valence electrons. The quantitative estimate of drug-likeness (QED) is 0.626. The molecule has 0 aliphatic heterocycles. The molecule has 4 rings (SSSR count). The van der Waals surface area contributed by atoms with Crippen LogP contribution >= 0.6 is 27.3 Å². The van der Waals surface area contributed by atoms with Crippen LogP contribution in [0.3, 0.4) is 0 Å². The zero-order valence-corrected chi connectivity index (χ0v) is 16.2. The Morgan fingerprint density at radius 3 is 2.84 bits per heavy atom. The first-order chi connectivity index (χ1) is 12.0. The fourth-order valence-electron chi connectivity index (χ4n) is 2.51. The Balaban J connectivity index is 1.56. The van der Waals surface area contributed by atoms with Crippen molar-refractivity contribution >= 4 is 43.0 Å². The zero-order valence-electron chi connectivity index (χ0n) is 13.0. The number of anilines is 1. The molecule has 0 atom stereocenters. The molecule has 6 nitrogen and oxygen atoms in total. The van der Waals surface area contributed by atoms with Gasteiger partial charge in [-0.15, -0.1) is 11.3 Å². The van der Waals surface area contributed by atoms with E-state index in [0.717, 1.165) is 28.7 Å². The van der Waals surface area contributed by atoms with Crippen LogP contribution in [0.15, 0.2) is 48.9 Å². The van der Waals surface area contributed by atoms with E-state index < -0.39 is 10.0 Å². The normalized spacial score (nSPS) is 15.1. The van der Waals surface area contributed by atoms with Gasteiger partial charge in [-0.25, -0.2) is 8.42 Å². The lowest BCUT2D eigenvalue weighted by molar-refractivity contribution is 0.292. The average molecular weight is 440 g/mol. The summed E-state index contributed by atoms with van der Waals surface area (Å²) >= 11 is 4.45. The first-order valence-electron chi connectivity index (χ1n) is 7.72.